The van der Waals surface area contributed by atoms with Crippen LogP contribution >= 0.6 is 23.4 Å². The fourth-order valence-corrected chi connectivity index (χ4v) is 2.39. The van der Waals surface area contributed by atoms with Gasteiger partial charge in [0.25, 0.3) is 0 Å². The molecule has 0 fully saturated rings. The summed E-state index contributed by atoms with van der Waals surface area (Å²) in [4.78, 5) is 1.15. The summed E-state index contributed by atoms with van der Waals surface area (Å²) in [7, 11) is 0. The Labute approximate surface area is 88.7 Å². The highest BCUT2D eigenvalue weighted by Gasteiger charge is 2.06. The highest BCUT2D eigenvalue weighted by Crippen LogP contribution is 2.29. The van der Waals surface area contributed by atoms with Gasteiger partial charge in [-0.2, -0.15) is 0 Å². The highest BCUT2D eigenvalue weighted by molar-refractivity contribution is 7.98. The molecule has 0 heterocycles. The molecule has 0 bridgehead atoms. The lowest BCUT2D eigenvalue weighted by Gasteiger charge is -2.10. The van der Waals surface area contributed by atoms with Gasteiger partial charge in [0.05, 0.1) is 5.02 Å². The van der Waals surface area contributed by atoms with Crippen LogP contribution in [0.15, 0.2) is 23.1 Å². The van der Waals surface area contributed by atoms with Crippen LogP contribution in [0.5, 0.6) is 0 Å². The van der Waals surface area contributed by atoms with E-state index in [9.17, 15) is 0 Å². The lowest BCUT2D eigenvalue weighted by Crippen LogP contribution is -2.18. The quantitative estimate of drug-likeness (QED) is 0.785. The van der Waals surface area contributed by atoms with Crippen molar-refractivity contribution in [2.75, 3.05) is 6.26 Å². The number of nitrogens with two attached hydrogens (primary N) is 1. The van der Waals surface area contributed by atoms with Crippen molar-refractivity contribution in [2.45, 2.75) is 24.3 Å². The molecule has 1 rings (SSSR count). The van der Waals surface area contributed by atoms with Crippen molar-refractivity contribution in [1.29, 1.82) is 0 Å². The summed E-state index contributed by atoms with van der Waals surface area (Å²) in [6, 6.07) is 6.16. The predicted octanol–water partition coefficient (Wildman–Crippen LogP) is 2.95. The molecule has 2 N–H and O–H groups in total. The Morgan fingerprint density at radius 2 is 2.23 bits per heavy atom. The Bertz CT molecular complexity index is 286. The SMILES string of the molecule is CSc1c(Cl)cccc1CC(C)N. The second-order valence-corrected chi connectivity index (χ2v) is 4.34. The fraction of sp³-hybridized carbons (Fsp3) is 0.400. The van der Waals surface area contributed by atoms with Crippen molar-refractivity contribution in [3.63, 3.8) is 0 Å². The summed E-state index contributed by atoms with van der Waals surface area (Å²) in [6.07, 6.45) is 2.92. The first kappa shape index (κ1) is 10.9. The first-order valence-corrected chi connectivity index (χ1v) is 5.82. The average molecular weight is 216 g/mol. The van der Waals surface area contributed by atoms with Crippen LogP contribution in [-0.4, -0.2) is 12.3 Å². The third kappa shape index (κ3) is 2.90. The van der Waals surface area contributed by atoms with Gasteiger partial charge in [-0.25, -0.2) is 0 Å². The minimum atomic E-state index is 0.185. The molecule has 0 aliphatic rings. The highest BCUT2D eigenvalue weighted by atomic mass is 35.5. The molecule has 0 aliphatic heterocycles. The molecular weight excluding hydrogens is 202 g/mol. The molecule has 13 heavy (non-hydrogen) atoms. The van der Waals surface area contributed by atoms with Crippen LogP contribution in [-0.2, 0) is 6.42 Å². The topological polar surface area (TPSA) is 26.0 Å². The summed E-state index contributed by atoms with van der Waals surface area (Å²) in [5.41, 5.74) is 6.99. The summed E-state index contributed by atoms with van der Waals surface area (Å²) in [5, 5.41) is 0.825. The molecule has 1 atom stereocenters. The van der Waals surface area contributed by atoms with Gasteiger partial charge in [0.15, 0.2) is 0 Å². The van der Waals surface area contributed by atoms with Crippen molar-refractivity contribution in [2.24, 2.45) is 5.73 Å². The maximum Gasteiger partial charge on any atom is 0.0544 e. The van der Waals surface area contributed by atoms with Crippen LogP contribution in [0.1, 0.15) is 12.5 Å². The molecule has 72 valence electrons. The summed E-state index contributed by atoms with van der Waals surface area (Å²) in [6.45, 7) is 2.00. The fourth-order valence-electron chi connectivity index (χ4n) is 1.29. The first-order valence-electron chi connectivity index (χ1n) is 4.22. The maximum atomic E-state index is 6.05. The molecule has 1 aromatic carbocycles. The van der Waals surface area contributed by atoms with Crippen LogP contribution in [0.3, 0.4) is 0 Å². The van der Waals surface area contributed by atoms with Crippen LogP contribution in [0.4, 0.5) is 0 Å². The molecule has 0 amide bonds. The van der Waals surface area contributed by atoms with Gasteiger partial charge in [-0.1, -0.05) is 23.7 Å². The van der Waals surface area contributed by atoms with Gasteiger partial charge < -0.3 is 5.73 Å². The molecule has 1 nitrogen and oxygen atoms in total. The van der Waals surface area contributed by atoms with E-state index in [-0.39, 0.29) is 6.04 Å². The Hall–Kier alpha value is -0.180. The van der Waals surface area contributed by atoms with E-state index in [1.165, 1.54) is 5.56 Å². The summed E-state index contributed by atoms with van der Waals surface area (Å²) in [5.74, 6) is 0. The van der Waals surface area contributed by atoms with Gasteiger partial charge in [-0.3, -0.25) is 0 Å². The second kappa shape index (κ2) is 4.89. The molecule has 1 aromatic rings. The van der Waals surface area contributed by atoms with Crippen molar-refractivity contribution < 1.29 is 0 Å². The smallest absolute Gasteiger partial charge is 0.0544 e. The summed E-state index contributed by atoms with van der Waals surface area (Å²) >= 11 is 7.73. The number of benzene rings is 1. The van der Waals surface area contributed by atoms with Gasteiger partial charge in [0.1, 0.15) is 0 Å². The molecular formula is C10H14ClNS. The van der Waals surface area contributed by atoms with E-state index in [0.29, 0.717) is 0 Å². The normalized spacial score (nSPS) is 12.9. The molecule has 0 aromatic heterocycles. The number of hydrogen-bond acceptors (Lipinski definition) is 2. The van der Waals surface area contributed by atoms with Gasteiger partial charge in [-0.05, 0) is 31.2 Å². The molecule has 0 saturated carbocycles. The lowest BCUT2D eigenvalue weighted by atomic mass is 10.1. The van der Waals surface area contributed by atoms with Crippen molar-refractivity contribution in [3.8, 4) is 0 Å². The summed E-state index contributed by atoms with van der Waals surface area (Å²) < 4.78 is 0. The number of rotatable bonds is 3. The van der Waals surface area contributed by atoms with Crippen LogP contribution in [0.2, 0.25) is 5.02 Å². The molecule has 1 unspecified atom stereocenters. The average Bonchev–Trinajstić information content (AvgIpc) is 2.03. The Morgan fingerprint density at radius 3 is 2.77 bits per heavy atom. The molecule has 0 aliphatic carbocycles. The maximum absolute atomic E-state index is 6.05. The van der Waals surface area contributed by atoms with Crippen LogP contribution < -0.4 is 5.73 Å². The lowest BCUT2D eigenvalue weighted by molar-refractivity contribution is 0.729. The minimum absolute atomic E-state index is 0.185. The number of halogens is 1. The standard InChI is InChI=1S/C10H14ClNS/c1-7(12)6-8-4-3-5-9(11)10(8)13-2/h3-5,7H,6,12H2,1-2H3. The Kier molecular flexibility index (Phi) is 4.10. The van der Waals surface area contributed by atoms with Crippen molar-refractivity contribution in [1.82, 2.24) is 0 Å². The van der Waals surface area contributed by atoms with Gasteiger partial charge >= 0.3 is 0 Å². The molecule has 0 radical (unpaired) electrons. The van der Waals surface area contributed by atoms with E-state index in [1.807, 2.05) is 25.3 Å². The number of thioether (sulfide) groups is 1. The predicted molar refractivity (Wildman–Crippen MR) is 60.6 cm³/mol. The first-order chi connectivity index (χ1) is 6.15. The molecule has 0 spiro atoms. The zero-order chi connectivity index (χ0) is 9.84. The van der Waals surface area contributed by atoms with E-state index in [2.05, 4.69) is 6.07 Å². The van der Waals surface area contributed by atoms with Gasteiger partial charge in [-0.15, -0.1) is 11.8 Å². The van der Waals surface area contributed by atoms with E-state index in [1.54, 1.807) is 11.8 Å². The minimum Gasteiger partial charge on any atom is -0.328 e. The molecule has 3 heteroatoms. The van der Waals surface area contributed by atoms with E-state index in [4.69, 9.17) is 17.3 Å². The largest absolute Gasteiger partial charge is 0.328 e. The Balaban J connectivity index is 2.98. The second-order valence-electron chi connectivity index (χ2n) is 3.11. The van der Waals surface area contributed by atoms with Crippen LogP contribution in [0, 0.1) is 0 Å². The monoisotopic (exact) mass is 215 g/mol. The van der Waals surface area contributed by atoms with E-state index < -0.39 is 0 Å². The van der Waals surface area contributed by atoms with Gasteiger partial charge in [0.2, 0.25) is 0 Å². The third-order valence-electron chi connectivity index (χ3n) is 1.79. The zero-order valence-corrected chi connectivity index (χ0v) is 9.45. The Morgan fingerprint density at radius 1 is 1.54 bits per heavy atom. The zero-order valence-electron chi connectivity index (χ0n) is 7.88. The van der Waals surface area contributed by atoms with Gasteiger partial charge in [0, 0.05) is 10.9 Å². The van der Waals surface area contributed by atoms with Crippen LogP contribution in [0.25, 0.3) is 0 Å². The van der Waals surface area contributed by atoms with Crippen molar-refractivity contribution in [3.05, 3.63) is 28.8 Å². The third-order valence-corrected chi connectivity index (χ3v) is 3.11. The molecule has 0 saturated heterocycles. The van der Waals surface area contributed by atoms with E-state index in [0.717, 1.165) is 16.3 Å². The van der Waals surface area contributed by atoms with E-state index >= 15 is 0 Å². The van der Waals surface area contributed by atoms with Crippen molar-refractivity contribution >= 4 is 23.4 Å². The number of hydrogen-bond donors (Lipinski definition) is 1.